The molecule has 1 aliphatic heterocycles. The van der Waals surface area contributed by atoms with Gasteiger partial charge in [0.2, 0.25) is 0 Å². The van der Waals surface area contributed by atoms with Crippen molar-refractivity contribution in [2.75, 3.05) is 25.0 Å². The Kier molecular flexibility index (Phi) is 6.13. The Balaban J connectivity index is 1.56. The third kappa shape index (κ3) is 5.34. The van der Waals surface area contributed by atoms with Gasteiger partial charge in [-0.25, -0.2) is 14.8 Å². The standard InChI is InChI=1S/C20H24N4O3/c1-14-5-8-24(9-6-14)10-7-15-3-2-4-16(11-15)23-19(25)17-12-22-18(13-21-17)20(26)27/h2-4,11-14H,5-10H2,1H3,(H,23,25)(H,26,27). The Hall–Kier alpha value is -2.80. The number of carboxylic acids is 1. The Labute approximate surface area is 158 Å². The number of rotatable bonds is 6. The van der Waals surface area contributed by atoms with Crippen LogP contribution in [0.5, 0.6) is 0 Å². The number of benzene rings is 1. The van der Waals surface area contributed by atoms with Crippen molar-refractivity contribution < 1.29 is 14.7 Å². The molecule has 2 aromatic rings. The molecule has 7 nitrogen and oxygen atoms in total. The average molecular weight is 368 g/mol. The summed E-state index contributed by atoms with van der Waals surface area (Å²) < 4.78 is 0. The van der Waals surface area contributed by atoms with Crippen molar-refractivity contribution >= 4 is 17.6 Å². The van der Waals surface area contributed by atoms with Crippen molar-refractivity contribution in [1.82, 2.24) is 14.9 Å². The van der Waals surface area contributed by atoms with Crippen molar-refractivity contribution in [2.45, 2.75) is 26.2 Å². The molecular formula is C20H24N4O3. The molecule has 0 aliphatic carbocycles. The fourth-order valence-corrected chi connectivity index (χ4v) is 3.13. The molecule has 7 heteroatoms. The summed E-state index contributed by atoms with van der Waals surface area (Å²) in [6, 6.07) is 7.76. The van der Waals surface area contributed by atoms with Gasteiger partial charge in [0.1, 0.15) is 5.69 Å². The highest BCUT2D eigenvalue weighted by Gasteiger charge is 2.15. The van der Waals surface area contributed by atoms with E-state index in [2.05, 4.69) is 33.2 Å². The van der Waals surface area contributed by atoms with E-state index in [9.17, 15) is 9.59 Å². The monoisotopic (exact) mass is 368 g/mol. The van der Waals surface area contributed by atoms with Crippen LogP contribution < -0.4 is 5.32 Å². The molecule has 142 valence electrons. The average Bonchev–Trinajstić information content (AvgIpc) is 2.68. The van der Waals surface area contributed by atoms with Crippen LogP contribution >= 0.6 is 0 Å². The first-order chi connectivity index (χ1) is 13.0. The second-order valence-corrected chi connectivity index (χ2v) is 7.02. The van der Waals surface area contributed by atoms with Crippen LogP contribution in [-0.4, -0.2) is 51.5 Å². The van der Waals surface area contributed by atoms with Gasteiger partial charge in [0.05, 0.1) is 12.4 Å². The van der Waals surface area contributed by atoms with E-state index >= 15 is 0 Å². The molecule has 27 heavy (non-hydrogen) atoms. The third-order valence-corrected chi connectivity index (χ3v) is 4.88. The molecule has 0 atom stereocenters. The number of anilines is 1. The first-order valence-electron chi connectivity index (χ1n) is 9.19. The molecule has 1 aromatic carbocycles. The quantitative estimate of drug-likeness (QED) is 0.814. The zero-order chi connectivity index (χ0) is 19.2. The number of carbonyl (C=O) groups excluding carboxylic acids is 1. The van der Waals surface area contributed by atoms with Gasteiger partial charge in [-0.3, -0.25) is 4.79 Å². The van der Waals surface area contributed by atoms with E-state index in [1.54, 1.807) is 0 Å². The van der Waals surface area contributed by atoms with E-state index in [0.717, 1.165) is 38.2 Å². The van der Waals surface area contributed by atoms with Gasteiger partial charge in [-0.2, -0.15) is 0 Å². The highest BCUT2D eigenvalue weighted by Crippen LogP contribution is 2.17. The summed E-state index contributed by atoms with van der Waals surface area (Å²) in [6.07, 6.45) is 5.70. The highest BCUT2D eigenvalue weighted by molar-refractivity contribution is 6.02. The SMILES string of the molecule is CC1CCN(CCc2cccc(NC(=O)c3cnc(C(=O)O)cn3)c2)CC1. The predicted molar refractivity (Wildman–Crippen MR) is 102 cm³/mol. The normalized spacial score (nSPS) is 15.4. The van der Waals surface area contributed by atoms with Gasteiger partial charge in [-0.15, -0.1) is 0 Å². The maximum atomic E-state index is 12.3. The largest absolute Gasteiger partial charge is 0.476 e. The summed E-state index contributed by atoms with van der Waals surface area (Å²) in [5.41, 5.74) is 1.74. The lowest BCUT2D eigenvalue weighted by Crippen LogP contribution is -2.34. The first-order valence-corrected chi connectivity index (χ1v) is 9.19. The summed E-state index contributed by atoms with van der Waals surface area (Å²) in [6.45, 7) is 5.64. The number of aromatic carboxylic acids is 1. The lowest BCUT2D eigenvalue weighted by atomic mass is 9.99. The summed E-state index contributed by atoms with van der Waals surface area (Å²) in [5.74, 6) is -0.764. The van der Waals surface area contributed by atoms with E-state index in [1.807, 2.05) is 18.2 Å². The van der Waals surface area contributed by atoms with E-state index in [0.29, 0.717) is 5.69 Å². The summed E-state index contributed by atoms with van der Waals surface area (Å²) in [7, 11) is 0. The van der Waals surface area contributed by atoms with Gasteiger partial charge in [-0.05, 0) is 56.0 Å². The van der Waals surface area contributed by atoms with Crippen molar-refractivity contribution in [1.29, 1.82) is 0 Å². The molecule has 1 aromatic heterocycles. The Morgan fingerprint density at radius 3 is 2.56 bits per heavy atom. The second-order valence-electron chi connectivity index (χ2n) is 7.02. The van der Waals surface area contributed by atoms with E-state index in [1.165, 1.54) is 24.6 Å². The Morgan fingerprint density at radius 2 is 1.89 bits per heavy atom. The van der Waals surface area contributed by atoms with Gasteiger partial charge in [0.15, 0.2) is 5.69 Å². The number of amides is 1. The Bertz CT molecular complexity index is 799. The van der Waals surface area contributed by atoms with Crippen molar-refractivity contribution in [3.63, 3.8) is 0 Å². The number of nitrogens with one attached hydrogen (secondary N) is 1. The number of hydrogen-bond donors (Lipinski definition) is 2. The fourth-order valence-electron chi connectivity index (χ4n) is 3.13. The first kappa shape index (κ1) is 19.0. The summed E-state index contributed by atoms with van der Waals surface area (Å²) in [5, 5.41) is 11.6. The smallest absolute Gasteiger partial charge is 0.356 e. The molecule has 0 radical (unpaired) electrons. The molecule has 1 saturated heterocycles. The fraction of sp³-hybridized carbons (Fsp3) is 0.400. The maximum absolute atomic E-state index is 12.3. The van der Waals surface area contributed by atoms with E-state index < -0.39 is 11.9 Å². The number of piperidine rings is 1. The number of nitrogens with zero attached hydrogens (tertiary/aromatic N) is 3. The van der Waals surface area contributed by atoms with Crippen molar-refractivity contribution in [3.8, 4) is 0 Å². The van der Waals surface area contributed by atoms with Crippen LogP contribution in [0.1, 0.15) is 46.3 Å². The van der Waals surface area contributed by atoms with Gasteiger partial charge < -0.3 is 15.3 Å². The van der Waals surface area contributed by atoms with E-state index in [-0.39, 0.29) is 11.4 Å². The van der Waals surface area contributed by atoms with Gasteiger partial charge in [0, 0.05) is 12.2 Å². The van der Waals surface area contributed by atoms with Gasteiger partial charge in [0.25, 0.3) is 5.91 Å². The third-order valence-electron chi connectivity index (χ3n) is 4.88. The lowest BCUT2D eigenvalue weighted by Gasteiger charge is -2.30. The molecule has 0 bridgehead atoms. The van der Waals surface area contributed by atoms with Crippen molar-refractivity contribution in [3.05, 3.63) is 53.6 Å². The number of aromatic nitrogens is 2. The molecule has 1 aliphatic rings. The second kappa shape index (κ2) is 8.73. The molecule has 1 amide bonds. The van der Waals surface area contributed by atoms with Crippen molar-refractivity contribution in [2.24, 2.45) is 5.92 Å². The summed E-state index contributed by atoms with van der Waals surface area (Å²) >= 11 is 0. The molecule has 3 rings (SSSR count). The van der Waals surface area contributed by atoms with Crippen LogP contribution in [0, 0.1) is 5.92 Å². The Morgan fingerprint density at radius 1 is 1.19 bits per heavy atom. The molecular weight excluding hydrogens is 344 g/mol. The van der Waals surface area contributed by atoms with Crippen LogP contribution in [0.3, 0.4) is 0 Å². The van der Waals surface area contributed by atoms with Crippen LogP contribution in [-0.2, 0) is 6.42 Å². The lowest BCUT2D eigenvalue weighted by molar-refractivity contribution is 0.0689. The van der Waals surface area contributed by atoms with Crippen LogP contribution in [0.4, 0.5) is 5.69 Å². The molecule has 2 N–H and O–H groups in total. The van der Waals surface area contributed by atoms with E-state index in [4.69, 9.17) is 5.11 Å². The minimum Gasteiger partial charge on any atom is -0.476 e. The molecule has 2 heterocycles. The zero-order valence-electron chi connectivity index (χ0n) is 15.4. The maximum Gasteiger partial charge on any atom is 0.356 e. The number of carboxylic acid groups (broad SMARTS) is 1. The zero-order valence-corrected chi connectivity index (χ0v) is 15.4. The van der Waals surface area contributed by atoms with Gasteiger partial charge in [-0.1, -0.05) is 19.1 Å². The minimum absolute atomic E-state index is 0.0767. The number of carbonyl (C=O) groups is 2. The number of hydrogen-bond acceptors (Lipinski definition) is 5. The molecule has 1 fully saturated rings. The molecule has 0 spiro atoms. The minimum atomic E-state index is -1.18. The van der Waals surface area contributed by atoms with Crippen LogP contribution in [0.2, 0.25) is 0 Å². The topological polar surface area (TPSA) is 95.4 Å². The van der Waals surface area contributed by atoms with Crippen LogP contribution in [0.25, 0.3) is 0 Å². The van der Waals surface area contributed by atoms with Crippen LogP contribution in [0.15, 0.2) is 36.7 Å². The predicted octanol–water partition coefficient (Wildman–Crippen LogP) is 2.70. The number of likely N-dealkylation sites (tertiary alicyclic amines) is 1. The summed E-state index contributed by atoms with van der Waals surface area (Å²) in [4.78, 5) is 33.1. The highest BCUT2D eigenvalue weighted by atomic mass is 16.4. The van der Waals surface area contributed by atoms with Gasteiger partial charge >= 0.3 is 5.97 Å². The molecule has 0 saturated carbocycles. The molecule has 0 unspecified atom stereocenters.